The Labute approximate surface area is 105 Å². The van der Waals surface area contributed by atoms with Gasteiger partial charge in [0.2, 0.25) is 0 Å². The lowest BCUT2D eigenvalue weighted by molar-refractivity contribution is -0.148. The van der Waals surface area contributed by atoms with Gasteiger partial charge in [0.05, 0.1) is 19.9 Å². The highest BCUT2D eigenvalue weighted by atomic mass is 19.1. The number of esters is 1. The van der Waals surface area contributed by atoms with Gasteiger partial charge in [0, 0.05) is 25.4 Å². The van der Waals surface area contributed by atoms with Gasteiger partial charge < -0.3 is 9.47 Å². The van der Waals surface area contributed by atoms with E-state index in [9.17, 15) is 9.18 Å². The number of hydrogen-bond acceptors (Lipinski definition) is 5. The summed E-state index contributed by atoms with van der Waals surface area (Å²) in [5.41, 5.74) is -0.743. The van der Waals surface area contributed by atoms with Gasteiger partial charge in [0.15, 0.2) is 0 Å². The molecule has 100 valence electrons. The van der Waals surface area contributed by atoms with E-state index in [-0.39, 0.29) is 0 Å². The minimum Gasteiger partial charge on any atom is -0.467 e. The Hall–Kier alpha value is -1.53. The number of nitrogens with zero attached hydrogens (tertiary/aromatic N) is 1. The van der Waals surface area contributed by atoms with E-state index < -0.39 is 17.3 Å². The number of ether oxygens (including phenoxy) is 2. The molecule has 0 bridgehead atoms. The van der Waals surface area contributed by atoms with Crippen LogP contribution in [0.2, 0.25) is 0 Å². The molecule has 1 heterocycles. The molecule has 1 N–H and O–H groups in total. The molecule has 6 heteroatoms. The van der Waals surface area contributed by atoms with Crippen molar-refractivity contribution in [3.63, 3.8) is 0 Å². The maximum absolute atomic E-state index is 13.2. The van der Waals surface area contributed by atoms with Gasteiger partial charge in [-0.15, -0.1) is 0 Å². The maximum Gasteiger partial charge on any atom is 0.330 e. The van der Waals surface area contributed by atoms with Crippen LogP contribution in [0.4, 0.5) is 4.39 Å². The fraction of sp³-hybridized carbons (Fsp3) is 0.500. The summed E-state index contributed by atoms with van der Waals surface area (Å²) in [6, 6.07) is 1.25. The zero-order valence-corrected chi connectivity index (χ0v) is 10.7. The van der Waals surface area contributed by atoms with Gasteiger partial charge in [0.25, 0.3) is 0 Å². The SMILES string of the molecule is COCCNC(C)(C(=O)OC)c1cncc(F)c1. The second-order valence-electron chi connectivity index (χ2n) is 3.93. The summed E-state index contributed by atoms with van der Waals surface area (Å²) >= 11 is 0. The first kappa shape index (κ1) is 14.5. The van der Waals surface area contributed by atoms with Crippen molar-refractivity contribution in [1.82, 2.24) is 10.3 Å². The minimum atomic E-state index is -1.15. The topological polar surface area (TPSA) is 60.5 Å². The van der Waals surface area contributed by atoms with Gasteiger partial charge >= 0.3 is 5.97 Å². The van der Waals surface area contributed by atoms with Gasteiger partial charge in [-0.3, -0.25) is 10.3 Å². The lowest BCUT2D eigenvalue weighted by atomic mass is 9.93. The molecular weight excluding hydrogens is 239 g/mol. The van der Waals surface area contributed by atoms with Crippen LogP contribution in [0.3, 0.4) is 0 Å². The summed E-state index contributed by atoms with van der Waals surface area (Å²) < 4.78 is 22.8. The molecule has 0 saturated carbocycles. The molecule has 0 fully saturated rings. The molecule has 0 amide bonds. The van der Waals surface area contributed by atoms with E-state index >= 15 is 0 Å². The molecular formula is C12H17FN2O3. The van der Waals surface area contributed by atoms with Crippen molar-refractivity contribution in [3.8, 4) is 0 Å². The van der Waals surface area contributed by atoms with Gasteiger partial charge in [-0.05, 0) is 13.0 Å². The van der Waals surface area contributed by atoms with Crippen molar-refractivity contribution in [2.75, 3.05) is 27.4 Å². The van der Waals surface area contributed by atoms with Gasteiger partial charge in [-0.25, -0.2) is 9.18 Å². The highest BCUT2D eigenvalue weighted by molar-refractivity contribution is 5.81. The molecule has 0 aliphatic rings. The predicted octanol–water partition coefficient (Wildman–Crippen LogP) is 0.845. The number of methoxy groups -OCH3 is 2. The highest BCUT2D eigenvalue weighted by Gasteiger charge is 2.36. The quantitative estimate of drug-likeness (QED) is 0.604. The van der Waals surface area contributed by atoms with Crippen LogP contribution in [-0.4, -0.2) is 38.3 Å². The van der Waals surface area contributed by atoms with Crippen LogP contribution >= 0.6 is 0 Å². The molecule has 1 rings (SSSR count). The van der Waals surface area contributed by atoms with Crippen LogP contribution in [-0.2, 0) is 19.8 Å². The third kappa shape index (κ3) is 3.24. The number of hydrogen-bond donors (Lipinski definition) is 1. The molecule has 0 saturated heterocycles. The van der Waals surface area contributed by atoms with Crippen LogP contribution in [0, 0.1) is 5.82 Å². The summed E-state index contributed by atoms with van der Waals surface area (Å²) in [5.74, 6) is -1.01. The first-order valence-electron chi connectivity index (χ1n) is 5.48. The Morgan fingerprint density at radius 2 is 2.22 bits per heavy atom. The van der Waals surface area contributed by atoms with Crippen LogP contribution < -0.4 is 5.32 Å². The van der Waals surface area contributed by atoms with Gasteiger partial charge in [0.1, 0.15) is 11.4 Å². The van der Waals surface area contributed by atoms with E-state index in [0.29, 0.717) is 18.7 Å². The van der Waals surface area contributed by atoms with Crippen molar-refractivity contribution in [3.05, 3.63) is 29.8 Å². The second-order valence-corrected chi connectivity index (χ2v) is 3.93. The first-order valence-corrected chi connectivity index (χ1v) is 5.48. The van der Waals surface area contributed by atoms with E-state index in [1.165, 1.54) is 19.4 Å². The van der Waals surface area contributed by atoms with Crippen molar-refractivity contribution in [2.45, 2.75) is 12.5 Å². The third-order valence-corrected chi connectivity index (χ3v) is 2.66. The van der Waals surface area contributed by atoms with E-state index in [4.69, 9.17) is 9.47 Å². The number of pyridine rings is 1. The molecule has 0 radical (unpaired) electrons. The molecule has 1 aromatic heterocycles. The van der Waals surface area contributed by atoms with E-state index in [1.807, 2.05) is 0 Å². The van der Waals surface area contributed by atoms with Gasteiger partial charge in [-0.2, -0.15) is 0 Å². The van der Waals surface area contributed by atoms with Crippen molar-refractivity contribution < 1.29 is 18.7 Å². The maximum atomic E-state index is 13.2. The monoisotopic (exact) mass is 256 g/mol. The highest BCUT2D eigenvalue weighted by Crippen LogP contribution is 2.22. The number of carbonyl (C=O) groups excluding carboxylic acids is 1. The number of carbonyl (C=O) groups is 1. The predicted molar refractivity (Wildman–Crippen MR) is 63.4 cm³/mol. The fourth-order valence-corrected chi connectivity index (χ4v) is 1.58. The number of nitrogens with one attached hydrogen (secondary N) is 1. The normalized spacial score (nSPS) is 14.0. The Morgan fingerprint density at radius 3 is 2.78 bits per heavy atom. The van der Waals surface area contributed by atoms with Crippen molar-refractivity contribution in [2.24, 2.45) is 0 Å². The molecule has 1 unspecified atom stereocenters. The molecule has 1 aromatic rings. The Morgan fingerprint density at radius 1 is 1.50 bits per heavy atom. The lowest BCUT2D eigenvalue weighted by Gasteiger charge is -2.28. The molecule has 18 heavy (non-hydrogen) atoms. The molecule has 0 aromatic carbocycles. The summed E-state index contributed by atoms with van der Waals surface area (Å²) in [4.78, 5) is 15.6. The van der Waals surface area contributed by atoms with Crippen LogP contribution in [0.15, 0.2) is 18.5 Å². The van der Waals surface area contributed by atoms with E-state index in [0.717, 1.165) is 6.20 Å². The molecule has 1 atom stereocenters. The fourth-order valence-electron chi connectivity index (χ4n) is 1.58. The first-order chi connectivity index (χ1) is 8.54. The molecule has 5 nitrogen and oxygen atoms in total. The summed E-state index contributed by atoms with van der Waals surface area (Å²) in [6.07, 6.45) is 2.51. The Kier molecular flexibility index (Phi) is 5.18. The average molecular weight is 256 g/mol. The Balaban J connectivity index is 3.00. The number of halogens is 1. The van der Waals surface area contributed by atoms with E-state index in [1.54, 1.807) is 14.0 Å². The molecule has 0 aliphatic heterocycles. The van der Waals surface area contributed by atoms with Gasteiger partial charge in [-0.1, -0.05) is 0 Å². The van der Waals surface area contributed by atoms with Crippen LogP contribution in [0.25, 0.3) is 0 Å². The molecule has 0 aliphatic carbocycles. The summed E-state index contributed by atoms with van der Waals surface area (Å²) in [7, 11) is 2.84. The average Bonchev–Trinajstić information content (AvgIpc) is 2.37. The standard InChI is InChI=1S/C12H17FN2O3/c1-12(11(16)18-3,15-4-5-17-2)9-6-10(13)8-14-7-9/h6-8,15H,4-5H2,1-3H3. The molecule has 0 spiro atoms. The largest absolute Gasteiger partial charge is 0.467 e. The second kappa shape index (κ2) is 6.42. The van der Waals surface area contributed by atoms with Crippen LogP contribution in [0.1, 0.15) is 12.5 Å². The minimum absolute atomic E-state index is 0.408. The van der Waals surface area contributed by atoms with Crippen molar-refractivity contribution in [1.29, 1.82) is 0 Å². The third-order valence-electron chi connectivity index (χ3n) is 2.66. The smallest absolute Gasteiger partial charge is 0.330 e. The van der Waals surface area contributed by atoms with Crippen molar-refractivity contribution >= 4 is 5.97 Å². The summed E-state index contributed by atoms with van der Waals surface area (Å²) in [6.45, 7) is 2.47. The number of rotatable bonds is 6. The Bertz CT molecular complexity index is 414. The lowest BCUT2D eigenvalue weighted by Crippen LogP contribution is -2.48. The zero-order valence-electron chi connectivity index (χ0n) is 10.7. The van der Waals surface area contributed by atoms with E-state index in [2.05, 4.69) is 10.3 Å². The summed E-state index contributed by atoms with van der Waals surface area (Å²) in [5, 5.41) is 2.99. The number of aromatic nitrogens is 1. The van der Waals surface area contributed by atoms with Crippen LogP contribution in [0.5, 0.6) is 0 Å². The zero-order chi connectivity index (χ0) is 13.6.